The average molecular weight is 403 g/mol. The first-order valence-electron chi connectivity index (χ1n) is 9.90. The van der Waals surface area contributed by atoms with E-state index in [0.29, 0.717) is 18.4 Å². The lowest BCUT2D eigenvalue weighted by atomic mass is 9.91. The van der Waals surface area contributed by atoms with Gasteiger partial charge in [-0.1, -0.05) is 32.9 Å². The average Bonchev–Trinajstić information content (AvgIpc) is 2.63. The molecule has 0 bridgehead atoms. The Kier molecular flexibility index (Phi) is 6.07. The number of hydrogen-bond acceptors (Lipinski definition) is 7. The Hall–Kier alpha value is -2.68. The number of H-pyrrole nitrogens is 1. The summed E-state index contributed by atoms with van der Waals surface area (Å²) in [6.07, 6.45) is 1.23. The fraction of sp³-hybridized carbons (Fsp3) is 0.600. The van der Waals surface area contributed by atoms with Crippen LogP contribution in [0.15, 0.2) is 25.2 Å². The summed E-state index contributed by atoms with van der Waals surface area (Å²) >= 11 is 0. The topological polar surface area (TPSA) is 104 Å². The van der Waals surface area contributed by atoms with Crippen molar-refractivity contribution in [3.63, 3.8) is 0 Å². The molecule has 9 nitrogen and oxygen atoms in total. The van der Waals surface area contributed by atoms with E-state index in [0.717, 1.165) is 32.0 Å². The SMILES string of the molecule is CCc1cc(=O)oc2nc(ON=C(CC(C)(C)C)N3CCN(C)CC3)[nH]c(=O)c12. The van der Waals surface area contributed by atoms with Crippen LogP contribution in [0.3, 0.4) is 0 Å². The number of fused-ring (bicyclic) bond motifs is 1. The van der Waals surface area contributed by atoms with Gasteiger partial charge in [0.15, 0.2) is 0 Å². The van der Waals surface area contributed by atoms with E-state index in [4.69, 9.17) is 9.25 Å². The molecule has 1 aliphatic heterocycles. The minimum Gasteiger partial charge on any atom is -0.403 e. The van der Waals surface area contributed by atoms with Crippen LogP contribution < -0.4 is 16.0 Å². The minimum atomic E-state index is -0.548. The smallest absolute Gasteiger partial charge is 0.337 e. The quantitative estimate of drug-likeness (QED) is 0.472. The van der Waals surface area contributed by atoms with Crippen LogP contribution in [0.25, 0.3) is 11.1 Å². The number of aryl methyl sites for hydroxylation is 1. The van der Waals surface area contributed by atoms with Crippen molar-refractivity contribution < 1.29 is 9.25 Å². The molecular formula is C20H29N5O4. The van der Waals surface area contributed by atoms with Gasteiger partial charge in [0.2, 0.25) is 5.71 Å². The lowest BCUT2D eigenvalue weighted by molar-refractivity contribution is 0.200. The fourth-order valence-corrected chi connectivity index (χ4v) is 3.29. The summed E-state index contributed by atoms with van der Waals surface area (Å²) in [6.45, 7) is 11.9. The third-order valence-corrected chi connectivity index (χ3v) is 4.85. The predicted octanol–water partition coefficient (Wildman–Crippen LogP) is 1.81. The van der Waals surface area contributed by atoms with Crippen molar-refractivity contribution >= 4 is 16.9 Å². The second-order valence-corrected chi connectivity index (χ2v) is 8.62. The highest BCUT2D eigenvalue weighted by Gasteiger charge is 2.23. The molecule has 3 heterocycles. The normalized spacial score (nSPS) is 16.4. The van der Waals surface area contributed by atoms with Gasteiger partial charge in [-0.2, -0.15) is 4.98 Å². The van der Waals surface area contributed by atoms with Crippen LogP contribution in [0.1, 0.15) is 39.7 Å². The molecule has 3 rings (SSSR count). The molecule has 1 saturated heterocycles. The van der Waals surface area contributed by atoms with E-state index in [1.807, 2.05) is 6.92 Å². The molecule has 1 fully saturated rings. The molecule has 0 aliphatic carbocycles. The van der Waals surface area contributed by atoms with Crippen molar-refractivity contribution in [1.29, 1.82) is 0 Å². The van der Waals surface area contributed by atoms with Crippen molar-refractivity contribution in [1.82, 2.24) is 19.8 Å². The highest BCUT2D eigenvalue weighted by molar-refractivity contribution is 5.82. The highest BCUT2D eigenvalue weighted by Crippen LogP contribution is 2.22. The number of rotatable bonds is 4. The summed E-state index contributed by atoms with van der Waals surface area (Å²) in [5, 5.41) is 4.57. The monoisotopic (exact) mass is 403 g/mol. The summed E-state index contributed by atoms with van der Waals surface area (Å²) in [6, 6.07) is 1.21. The van der Waals surface area contributed by atoms with E-state index < -0.39 is 11.2 Å². The predicted molar refractivity (Wildman–Crippen MR) is 111 cm³/mol. The maximum Gasteiger partial charge on any atom is 0.337 e. The summed E-state index contributed by atoms with van der Waals surface area (Å²) in [4.78, 5) is 40.9. The molecule has 2 aromatic rings. The van der Waals surface area contributed by atoms with Crippen LogP contribution in [-0.4, -0.2) is 58.8 Å². The first-order valence-corrected chi connectivity index (χ1v) is 9.90. The van der Waals surface area contributed by atoms with Gasteiger partial charge in [0.25, 0.3) is 5.56 Å². The van der Waals surface area contributed by atoms with Crippen LogP contribution in [0.5, 0.6) is 6.01 Å². The first-order chi connectivity index (χ1) is 13.7. The number of likely N-dealkylation sites (N-methyl/N-ethyl adjacent to an activating group) is 1. The Bertz CT molecular complexity index is 1010. The number of aromatic nitrogens is 2. The molecule has 0 saturated carbocycles. The fourth-order valence-electron chi connectivity index (χ4n) is 3.29. The van der Waals surface area contributed by atoms with Crippen molar-refractivity contribution in [2.75, 3.05) is 33.2 Å². The number of amidine groups is 1. The van der Waals surface area contributed by atoms with Crippen LogP contribution in [0.2, 0.25) is 0 Å². The maximum absolute atomic E-state index is 12.5. The van der Waals surface area contributed by atoms with Gasteiger partial charge in [0.1, 0.15) is 11.2 Å². The number of nitrogens with one attached hydrogen (secondary N) is 1. The van der Waals surface area contributed by atoms with Gasteiger partial charge < -0.3 is 19.1 Å². The zero-order chi connectivity index (χ0) is 21.2. The Labute approximate surface area is 169 Å². The second-order valence-electron chi connectivity index (χ2n) is 8.62. The van der Waals surface area contributed by atoms with Crippen molar-refractivity contribution in [3.05, 3.63) is 32.4 Å². The second kappa shape index (κ2) is 8.36. The minimum absolute atomic E-state index is 0.0125. The lowest BCUT2D eigenvalue weighted by Gasteiger charge is -2.35. The van der Waals surface area contributed by atoms with Crippen LogP contribution in [0.4, 0.5) is 0 Å². The van der Waals surface area contributed by atoms with E-state index >= 15 is 0 Å². The van der Waals surface area contributed by atoms with E-state index in [1.165, 1.54) is 6.07 Å². The van der Waals surface area contributed by atoms with E-state index in [9.17, 15) is 9.59 Å². The molecule has 0 unspecified atom stereocenters. The number of piperazine rings is 1. The molecule has 158 valence electrons. The largest absolute Gasteiger partial charge is 0.403 e. The molecular weight excluding hydrogens is 374 g/mol. The zero-order valence-electron chi connectivity index (χ0n) is 17.7. The summed E-state index contributed by atoms with van der Waals surface area (Å²) in [7, 11) is 2.09. The molecule has 29 heavy (non-hydrogen) atoms. The van der Waals surface area contributed by atoms with E-state index in [-0.39, 0.29) is 22.5 Å². The van der Waals surface area contributed by atoms with Crippen LogP contribution >= 0.6 is 0 Å². The van der Waals surface area contributed by atoms with Crippen molar-refractivity contribution in [3.8, 4) is 6.01 Å². The third kappa shape index (κ3) is 5.23. The molecule has 0 spiro atoms. The Balaban J connectivity index is 1.93. The van der Waals surface area contributed by atoms with Gasteiger partial charge in [0, 0.05) is 38.7 Å². The molecule has 9 heteroatoms. The van der Waals surface area contributed by atoms with Crippen LogP contribution in [-0.2, 0) is 6.42 Å². The van der Waals surface area contributed by atoms with Crippen molar-refractivity contribution in [2.45, 2.75) is 40.5 Å². The van der Waals surface area contributed by atoms with E-state index in [1.54, 1.807) is 0 Å². The van der Waals surface area contributed by atoms with Crippen molar-refractivity contribution in [2.24, 2.45) is 10.6 Å². The zero-order valence-corrected chi connectivity index (χ0v) is 17.7. The van der Waals surface area contributed by atoms with Crippen LogP contribution in [0, 0.1) is 5.41 Å². The highest BCUT2D eigenvalue weighted by atomic mass is 16.6. The van der Waals surface area contributed by atoms with Gasteiger partial charge in [-0.3, -0.25) is 9.78 Å². The Morgan fingerprint density at radius 2 is 1.97 bits per heavy atom. The molecule has 0 amide bonds. The summed E-state index contributed by atoms with van der Waals surface area (Å²) < 4.78 is 5.11. The molecule has 0 atom stereocenters. The summed E-state index contributed by atoms with van der Waals surface area (Å²) in [5.74, 6) is 0.803. The van der Waals surface area contributed by atoms with Gasteiger partial charge in [-0.25, -0.2) is 4.79 Å². The number of hydrogen-bond donors (Lipinski definition) is 1. The lowest BCUT2D eigenvalue weighted by Crippen LogP contribution is -2.48. The number of aromatic amines is 1. The Morgan fingerprint density at radius 1 is 1.28 bits per heavy atom. The maximum atomic E-state index is 12.5. The van der Waals surface area contributed by atoms with Gasteiger partial charge in [-0.15, -0.1) is 0 Å². The van der Waals surface area contributed by atoms with Gasteiger partial charge >= 0.3 is 11.6 Å². The molecule has 2 aromatic heterocycles. The molecule has 1 N–H and O–H groups in total. The molecule has 1 aliphatic rings. The number of oxime groups is 1. The Morgan fingerprint density at radius 3 is 2.59 bits per heavy atom. The van der Waals surface area contributed by atoms with E-state index in [2.05, 4.69) is 52.7 Å². The first kappa shape index (κ1) is 21.0. The standard InChI is InChI=1S/C20H29N5O4/c1-6-13-11-15(26)28-18-16(13)17(27)21-19(22-18)29-23-14(12-20(2,3)4)25-9-7-24(5)8-10-25/h11H,6-10,12H2,1-5H3,(H,21,22,27). The molecule has 0 aromatic carbocycles. The third-order valence-electron chi connectivity index (χ3n) is 4.85. The van der Waals surface area contributed by atoms with Gasteiger partial charge in [-0.05, 0) is 24.4 Å². The summed E-state index contributed by atoms with van der Waals surface area (Å²) in [5.41, 5.74) is -0.407. The molecule has 0 radical (unpaired) electrons. The van der Waals surface area contributed by atoms with Gasteiger partial charge in [0.05, 0.1) is 0 Å². The number of nitrogens with zero attached hydrogens (tertiary/aromatic N) is 4.